The van der Waals surface area contributed by atoms with E-state index in [2.05, 4.69) is 4.98 Å². The van der Waals surface area contributed by atoms with E-state index in [0.29, 0.717) is 12.1 Å². The first-order valence-corrected chi connectivity index (χ1v) is 4.09. The molecule has 1 heterocycles. The fraction of sp³-hybridized carbons (Fsp3) is 0.500. The molecule has 1 aromatic rings. The number of carboxylic acids is 1. The second-order valence-corrected chi connectivity index (χ2v) is 2.87. The largest absolute Gasteiger partial charge is 0.477 e. The molecule has 1 rings (SSSR count). The van der Waals surface area contributed by atoms with Gasteiger partial charge in [0.15, 0.2) is 0 Å². The lowest BCUT2D eigenvalue weighted by atomic mass is 10.2. The van der Waals surface area contributed by atoms with Crippen molar-refractivity contribution in [1.29, 1.82) is 0 Å². The molecule has 0 aliphatic carbocycles. The van der Waals surface area contributed by atoms with Crippen molar-refractivity contribution in [2.45, 2.75) is 19.8 Å². The molecular formula is C8H12N2O3. The highest BCUT2D eigenvalue weighted by molar-refractivity contribution is 5.86. The Morgan fingerprint density at radius 1 is 1.62 bits per heavy atom. The number of imidazole rings is 1. The number of rotatable bonds is 3. The van der Waals surface area contributed by atoms with Gasteiger partial charge in [-0.15, -0.1) is 0 Å². The molecule has 0 atom stereocenters. The average Bonchev–Trinajstić information content (AvgIpc) is 2.33. The van der Waals surface area contributed by atoms with Crippen LogP contribution in [0.3, 0.4) is 0 Å². The summed E-state index contributed by atoms with van der Waals surface area (Å²) < 4.78 is 1.34. The van der Waals surface area contributed by atoms with Crippen molar-refractivity contribution >= 4 is 5.97 Å². The van der Waals surface area contributed by atoms with Gasteiger partial charge in [0.25, 0.3) is 0 Å². The van der Waals surface area contributed by atoms with Gasteiger partial charge in [0.2, 0.25) is 0 Å². The summed E-state index contributed by atoms with van der Waals surface area (Å²) in [6.07, 6.45) is 1.41. The first kappa shape index (κ1) is 9.57. The Morgan fingerprint density at radius 2 is 2.23 bits per heavy atom. The molecule has 0 bridgehead atoms. The summed E-state index contributed by atoms with van der Waals surface area (Å²) in [5, 5.41) is 8.75. The summed E-state index contributed by atoms with van der Waals surface area (Å²) in [7, 11) is 1.57. The Kier molecular flexibility index (Phi) is 2.55. The van der Waals surface area contributed by atoms with E-state index < -0.39 is 5.97 Å². The van der Waals surface area contributed by atoms with E-state index >= 15 is 0 Å². The molecular weight excluding hydrogens is 172 g/mol. The molecule has 0 spiro atoms. The van der Waals surface area contributed by atoms with Gasteiger partial charge < -0.3 is 5.11 Å². The number of hydrogen-bond acceptors (Lipinski definition) is 2. The van der Waals surface area contributed by atoms with Crippen LogP contribution in [-0.2, 0) is 13.5 Å². The third kappa shape index (κ3) is 1.63. The molecule has 0 unspecified atom stereocenters. The number of aromatic nitrogens is 2. The fourth-order valence-electron chi connectivity index (χ4n) is 1.26. The maximum atomic E-state index is 11.1. The van der Waals surface area contributed by atoms with E-state index in [9.17, 15) is 9.59 Å². The first-order valence-electron chi connectivity index (χ1n) is 4.09. The van der Waals surface area contributed by atoms with Gasteiger partial charge in [-0.05, 0) is 6.42 Å². The van der Waals surface area contributed by atoms with Crippen LogP contribution in [0.5, 0.6) is 0 Å². The topological polar surface area (TPSA) is 75.1 Å². The maximum Gasteiger partial charge on any atom is 0.354 e. The molecule has 0 fully saturated rings. The Labute approximate surface area is 75.0 Å². The van der Waals surface area contributed by atoms with Crippen molar-refractivity contribution in [3.63, 3.8) is 0 Å². The van der Waals surface area contributed by atoms with Crippen LogP contribution < -0.4 is 5.69 Å². The lowest BCUT2D eigenvalue weighted by Gasteiger charge is -1.99. The predicted molar refractivity (Wildman–Crippen MR) is 47.0 cm³/mol. The summed E-state index contributed by atoms with van der Waals surface area (Å²) in [6.45, 7) is 1.93. The number of carbonyl (C=O) groups is 1. The third-order valence-corrected chi connectivity index (χ3v) is 1.93. The lowest BCUT2D eigenvalue weighted by Crippen LogP contribution is -2.14. The fourth-order valence-corrected chi connectivity index (χ4v) is 1.26. The van der Waals surface area contributed by atoms with Gasteiger partial charge in [0, 0.05) is 7.05 Å². The molecule has 0 aliphatic heterocycles. The van der Waals surface area contributed by atoms with E-state index in [-0.39, 0.29) is 11.4 Å². The molecule has 0 radical (unpaired) electrons. The van der Waals surface area contributed by atoms with Gasteiger partial charge in [-0.2, -0.15) is 0 Å². The van der Waals surface area contributed by atoms with Crippen molar-refractivity contribution < 1.29 is 9.90 Å². The molecule has 2 N–H and O–H groups in total. The molecule has 1 aromatic heterocycles. The second-order valence-electron chi connectivity index (χ2n) is 2.87. The number of aromatic amines is 1. The monoisotopic (exact) mass is 184 g/mol. The standard InChI is InChI=1S/C8H12N2O3/c1-3-4-5-6(7(11)12)9-8(13)10(5)2/h3-4H2,1-2H3,(H,9,13)(H,11,12). The van der Waals surface area contributed by atoms with E-state index in [1.165, 1.54) is 4.57 Å². The normalized spacial score (nSPS) is 10.3. The first-order chi connectivity index (χ1) is 6.07. The van der Waals surface area contributed by atoms with Gasteiger partial charge in [0.05, 0.1) is 5.69 Å². The van der Waals surface area contributed by atoms with Crippen LogP contribution in [-0.4, -0.2) is 20.6 Å². The zero-order chi connectivity index (χ0) is 10.0. The molecule has 5 heteroatoms. The van der Waals surface area contributed by atoms with Gasteiger partial charge in [0.1, 0.15) is 5.69 Å². The van der Waals surface area contributed by atoms with E-state index in [4.69, 9.17) is 5.11 Å². The quantitative estimate of drug-likeness (QED) is 0.712. The Morgan fingerprint density at radius 3 is 2.69 bits per heavy atom. The van der Waals surface area contributed by atoms with Crippen LogP contribution >= 0.6 is 0 Å². The zero-order valence-corrected chi connectivity index (χ0v) is 7.63. The van der Waals surface area contributed by atoms with Crippen LogP contribution in [0, 0.1) is 0 Å². The Bertz CT molecular complexity index is 375. The van der Waals surface area contributed by atoms with E-state index in [1.54, 1.807) is 7.05 Å². The van der Waals surface area contributed by atoms with Crippen molar-refractivity contribution in [2.24, 2.45) is 7.05 Å². The summed E-state index contributed by atoms with van der Waals surface area (Å²) in [4.78, 5) is 24.1. The van der Waals surface area contributed by atoms with Crippen molar-refractivity contribution in [2.75, 3.05) is 0 Å². The third-order valence-electron chi connectivity index (χ3n) is 1.93. The minimum absolute atomic E-state index is 0.00866. The molecule has 72 valence electrons. The van der Waals surface area contributed by atoms with Gasteiger partial charge >= 0.3 is 11.7 Å². The van der Waals surface area contributed by atoms with Gasteiger partial charge in [-0.3, -0.25) is 9.55 Å². The van der Waals surface area contributed by atoms with Crippen LogP contribution in [0.4, 0.5) is 0 Å². The predicted octanol–water partition coefficient (Wildman–Crippen LogP) is 0.364. The highest BCUT2D eigenvalue weighted by Gasteiger charge is 2.15. The SMILES string of the molecule is CCCc1c(C(=O)O)[nH]c(=O)n1C. The second kappa shape index (κ2) is 3.47. The van der Waals surface area contributed by atoms with Crippen LogP contribution in [0.25, 0.3) is 0 Å². The Balaban J connectivity index is 3.26. The van der Waals surface area contributed by atoms with Gasteiger partial charge in [-0.25, -0.2) is 9.59 Å². The summed E-state index contributed by atoms with van der Waals surface area (Å²) in [5.41, 5.74) is 0.190. The molecule has 0 saturated heterocycles. The number of hydrogen-bond donors (Lipinski definition) is 2. The minimum Gasteiger partial charge on any atom is -0.477 e. The summed E-state index contributed by atoms with van der Waals surface area (Å²) >= 11 is 0. The zero-order valence-electron chi connectivity index (χ0n) is 7.63. The molecule has 5 nitrogen and oxygen atoms in total. The minimum atomic E-state index is -1.08. The van der Waals surface area contributed by atoms with Crippen molar-refractivity contribution in [1.82, 2.24) is 9.55 Å². The average molecular weight is 184 g/mol. The lowest BCUT2D eigenvalue weighted by molar-refractivity contribution is 0.0689. The van der Waals surface area contributed by atoms with Crippen LogP contribution in [0.15, 0.2) is 4.79 Å². The Hall–Kier alpha value is -1.52. The maximum absolute atomic E-state index is 11.1. The van der Waals surface area contributed by atoms with Gasteiger partial charge in [-0.1, -0.05) is 13.3 Å². The van der Waals surface area contributed by atoms with Crippen LogP contribution in [0.1, 0.15) is 29.5 Å². The number of nitrogens with zero attached hydrogens (tertiary/aromatic N) is 1. The number of nitrogens with one attached hydrogen (secondary N) is 1. The summed E-state index contributed by atoms with van der Waals surface area (Å²) in [6, 6.07) is 0. The molecule has 13 heavy (non-hydrogen) atoms. The molecule has 0 amide bonds. The number of H-pyrrole nitrogens is 1. The molecule has 0 saturated carbocycles. The number of aromatic carboxylic acids is 1. The highest BCUT2D eigenvalue weighted by atomic mass is 16.4. The smallest absolute Gasteiger partial charge is 0.354 e. The van der Waals surface area contributed by atoms with Crippen molar-refractivity contribution in [3.8, 4) is 0 Å². The van der Waals surface area contributed by atoms with E-state index in [1.807, 2.05) is 6.92 Å². The van der Waals surface area contributed by atoms with Crippen molar-refractivity contribution in [3.05, 3.63) is 21.9 Å². The molecule has 0 aromatic carbocycles. The highest BCUT2D eigenvalue weighted by Crippen LogP contribution is 2.05. The summed E-state index contributed by atoms with van der Waals surface area (Å²) in [5.74, 6) is -1.08. The van der Waals surface area contributed by atoms with Crippen LogP contribution in [0.2, 0.25) is 0 Å². The molecule has 0 aliphatic rings. The van der Waals surface area contributed by atoms with E-state index in [0.717, 1.165) is 6.42 Å². The number of carboxylic acid groups (broad SMARTS) is 1.